The minimum Gasteiger partial charge on any atom is -0.239 e. The van der Waals surface area contributed by atoms with Crippen LogP contribution in [0.5, 0.6) is 0 Å². The zero-order chi connectivity index (χ0) is 7.73. The van der Waals surface area contributed by atoms with Gasteiger partial charge in [0.2, 0.25) is 0 Å². The fraction of sp³-hybridized carbons (Fsp3) is 0.400. The molecule has 0 bridgehead atoms. The van der Waals surface area contributed by atoms with Gasteiger partial charge in [-0.1, -0.05) is 24.3 Å². The number of alkyl halides is 1. The molecule has 1 aliphatic rings. The molecule has 1 aromatic rings. The highest BCUT2D eigenvalue weighted by Gasteiger charge is 2.38. The number of rotatable bonds is 1. The Labute approximate surface area is 66.1 Å². The van der Waals surface area contributed by atoms with Gasteiger partial charge >= 0.3 is 0 Å². The third-order valence-corrected chi connectivity index (χ3v) is 2.34. The molecule has 0 spiro atoms. The van der Waals surface area contributed by atoms with Crippen molar-refractivity contribution in [1.82, 2.24) is 0 Å². The third-order valence-electron chi connectivity index (χ3n) is 2.34. The van der Waals surface area contributed by atoms with Gasteiger partial charge in [0.15, 0.2) is 0 Å². The first-order chi connectivity index (χ1) is 5.31. The summed E-state index contributed by atoms with van der Waals surface area (Å²) in [4.78, 5) is 0. The van der Waals surface area contributed by atoms with Gasteiger partial charge in [0, 0.05) is 0 Å². The minimum absolute atomic E-state index is 0.674. The topological polar surface area (TPSA) is 0 Å². The van der Waals surface area contributed by atoms with E-state index in [1.54, 1.807) is 6.07 Å². The highest BCUT2D eigenvalue weighted by molar-refractivity contribution is 5.23. The quantitative estimate of drug-likeness (QED) is 0.576. The molecule has 1 saturated carbocycles. The average molecular weight is 149 g/mol. The van der Waals surface area contributed by atoms with Crippen LogP contribution in [0, 0.1) is 6.07 Å². The Morgan fingerprint density at radius 1 is 1.36 bits per heavy atom. The van der Waals surface area contributed by atoms with Crippen LogP contribution in [0.25, 0.3) is 0 Å². The van der Waals surface area contributed by atoms with Crippen molar-refractivity contribution in [2.75, 3.05) is 0 Å². The fourth-order valence-electron chi connectivity index (χ4n) is 1.43. The summed E-state index contributed by atoms with van der Waals surface area (Å²) in [7, 11) is 0. The fourth-order valence-corrected chi connectivity index (χ4v) is 1.43. The van der Waals surface area contributed by atoms with Gasteiger partial charge < -0.3 is 0 Å². The summed E-state index contributed by atoms with van der Waals surface area (Å²) in [5.41, 5.74) is -0.312. The van der Waals surface area contributed by atoms with Crippen molar-refractivity contribution >= 4 is 0 Å². The second kappa shape index (κ2) is 2.33. The van der Waals surface area contributed by atoms with E-state index in [1.807, 2.05) is 18.2 Å². The first-order valence-electron chi connectivity index (χ1n) is 3.97. The summed E-state index contributed by atoms with van der Waals surface area (Å²) in [6.07, 6.45) is 2.36. The standard InChI is InChI=1S/C10H10F/c11-10(7-4-8-10)9-5-2-1-3-6-9/h1-3,5H,4,7-8H2. The Morgan fingerprint density at radius 3 is 2.64 bits per heavy atom. The maximum atomic E-state index is 13.6. The molecule has 0 heterocycles. The van der Waals surface area contributed by atoms with E-state index in [-0.39, 0.29) is 0 Å². The first kappa shape index (κ1) is 6.84. The van der Waals surface area contributed by atoms with E-state index in [0.717, 1.165) is 12.0 Å². The van der Waals surface area contributed by atoms with Crippen LogP contribution in [0.1, 0.15) is 24.8 Å². The Morgan fingerprint density at radius 2 is 2.18 bits per heavy atom. The van der Waals surface area contributed by atoms with Crippen molar-refractivity contribution in [3.63, 3.8) is 0 Å². The normalized spacial score (nSPS) is 20.8. The van der Waals surface area contributed by atoms with E-state index in [2.05, 4.69) is 6.07 Å². The van der Waals surface area contributed by atoms with E-state index < -0.39 is 5.67 Å². The molecule has 0 aromatic heterocycles. The molecule has 2 rings (SSSR count). The third kappa shape index (κ3) is 1.05. The van der Waals surface area contributed by atoms with Gasteiger partial charge in [-0.05, 0) is 30.9 Å². The van der Waals surface area contributed by atoms with Crippen molar-refractivity contribution in [2.24, 2.45) is 0 Å². The monoisotopic (exact) mass is 149 g/mol. The van der Waals surface area contributed by atoms with Gasteiger partial charge in [-0.25, -0.2) is 4.39 Å². The zero-order valence-corrected chi connectivity index (χ0v) is 6.31. The lowest BCUT2D eigenvalue weighted by atomic mass is 9.77. The Bertz CT molecular complexity index is 236. The minimum atomic E-state index is -1.04. The van der Waals surface area contributed by atoms with Crippen LogP contribution in [0.3, 0.4) is 0 Å². The summed E-state index contributed by atoms with van der Waals surface area (Å²) in [6.45, 7) is 0. The maximum absolute atomic E-state index is 13.6. The molecule has 0 amide bonds. The van der Waals surface area contributed by atoms with Crippen molar-refractivity contribution < 1.29 is 4.39 Å². The summed E-state index contributed by atoms with van der Waals surface area (Å²) < 4.78 is 13.6. The van der Waals surface area contributed by atoms with Crippen LogP contribution in [-0.4, -0.2) is 0 Å². The van der Waals surface area contributed by atoms with Gasteiger partial charge in [-0.15, -0.1) is 0 Å². The van der Waals surface area contributed by atoms with Crippen LogP contribution in [0.4, 0.5) is 4.39 Å². The van der Waals surface area contributed by atoms with Gasteiger partial charge in [0.05, 0.1) is 0 Å². The number of halogens is 1. The predicted octanol–water partition coefficient (Wildman–Crippen LogP) is 2.84. The summed E-state index contributed by atoms with van der Waals surface area (Å²) in [5, 5.41) is 0. The molecule has 0 nitrogen and oxygen atoms in total. The molecule has 0 aliphatic heterocycles. The Balaban J connectivity index is 2.29. The second-order valence-corrected chi connectivity index (χ2v) is 3.10. The van der Waals surface area contributed by atoms with Gasteiger partial charge in [-0.3, -0.25) is 0 Å². The zero-order valence-electron chi connectivity index (χ0n) is 6.31. The highest BCUT2D eigenvalue weighted by Crippen LogP contribution is 2.44. The molecule has 1 aliphatic carbocycles. The Hall–Kier alpha value is -0.850. The predicted molar refractivity (Wildman–Crippen MR) is 41.9 cm³/mol. The van der Waals surface area contributed by atoms with Gasteiger partial charge in [0.1, 0.15) is 5.67 Å². The molecule has 0 atom stereocenters. The molecule has 1 heteroatoms. The van der Waals surface area contributed by atoms with E-state index in [9.17, 15) is 4.39 Å². The molecular weight excluding hydrogens is 139 g/mol. The van der Waals surface area contributed by atoms with Crippen molar-refractivity contribution in [3.8, 4) is 0 Å². The van der Waals surface area contributed by atoms with Crippen LogP contribution in [0.2, 0.25) is 0 Å². The maximum Gasteiger partial charge on any atom is 0.136 e. The summed E-state index contributed by atoms with van der Waals surface area (Å²) >= 11 is 0. The van der Waals surface area contributed by atoms with Crippen LogP contribution >= 0.6 is 0 Å². The second-order valence-electron chi connectivity index (χ2n) is 3.10. The smallest absolute Gasteiger partial charge is 0.136 e. The first-order valence-corrected chi connectivity index (χ1v) is 3.97. The van der Waals surface area contributed by atoms with E-state index in [4.69, 9.17) is 0 Å². The van der Waals surface area contributed by atoms with Crippen LogP contribution < -0.4 is 0 Å². The molecule has 1 fully saturated rings. The van der Waals surface area contributed by atoms with Crippen molar-refractivity contribution in [1.29, 1.82) is 0 Å². The molecule has 57 valence electrons. The summed E-state index contributed by atoms with van der Waals surface area (Å²) in [6, 6.07) is 10.3. The molecule has 0 N–H and O–H groups in total. The molecule has 1 radical (unpaired) electrons. The lowest BCUT2D eigenvalue weighted by Crippen LogP contribution is -2.28. The van der Waals surface area contributed by atoms with E-state index >= 15 is 0 Å². The molecule has 11 heavy (non-hydrogen) atoms. The SMILES string of the molecule is FC1(c2[c]cccc2)CCC1. The van der Waals surface area contributed by atoms with Gasteiger partial charge in [0.25, 0.3) is 0 Å². The van der Waals surface area contributed by atoms with E-state index in [0.29, 0.717) is 12.8 Å². The van der Waals surface area contributed by atoms with Crippen molar-refractivity contribution in [2.45, 2.75) is 24.9 Å². The largest absolute Gasteiger partial charge is 0.239 e. The molecule has 0 saturated heterocycles. The lowest BCUT2D eigenvalue weighted by Gasteiger charge is -2.33. The van der Waals surface area contributed by atoms with Crippen LogP contribution in [0.15, 0.2) is 24.3 Å². The average Bonchev–Trinajstić information content (AvgIpc) is 2.02. The summed E-state index contributed by atoms with van der Waals surface area (Å²) in [5.74, 6) is 0. The van der Waals surface area contributed by atoms with E-state index in [1.165, 1.54) is 0 Å². The molecular formula is C10H10F. The molecule has 0 unspecified atom stereocenters. The number of hydrogen-bond acceptors (Lipinski definition) is 0. The number of hydrogen-bond donors (Lipinski definition) is 0. The number of benzene rings is 1. The Kier molecular flexibility index (Phi) is 1.45. The highest BCUT2D eigenvalue weighted by atomic mass is 19.1. The van der Waals surface area contributed by atoms with Crippen LogP contribution in [-0.2, 0) is 5.67 Å². The molecule has 1 aromatic carbocycles. The van der Waals surface area contributed by atoms with Crippen molar-refractivity contribution in [3.05, 3.63) is 35.9 Å². The van der Waals surface area contributed by atoms with Gasteiger partial charge in [-0.2, -0.15) is 0 Å². The lowest BCUT2D eigenvalue weighted by molar-refractivity contribution is 0.0606.